The summed E-state index contributed by atoms with van der Waals surface area (Å²) >= 11 is 6.40. The molecule has 0 saturated heterocycles. The number of tetrazole rings is 1. The second kappa shape index (κ2) is 8.15. The lowest BCUT2D eigenvalue weighted by molar-refractivity contribution is 0.144. The molecule has 1 saturated carbocycles. The second-order valence-electron chi connectivity index (χ2n) is 7.10. The van der Waals surface area contributed by atoms with Gasteiger partial charge in [-0.1, -0.05) is 11.6 Å². The van der Waals surface area contributed by atoms with Crippen molar-refractivity contribution in [2.45, 2.75) is 57.8 Å². The largest absolute Gasteiger partial charge is 0.332 e. The zero-order valence-electron chi connectivity index (χ0n) is 16.1. The fraction of sp³-hybridized carbons (Fsp3) is 0.588. The maximum absolute atomic E-state index is 13.3. The first-order chi connectivity index (χ1) is 14.0. The third-order valence-corrected chi connectivity index (χ3v) is 5.57. The van der Waals surface area contributed by atoms with Crippen LogP contribution in [-0.2, 0) is 20.1 Å². The van der Waals surface area contributed by atoms with Gasteiger partial charge in [0.15, 0.2) is 11.0 Å². The summed E-state index contributed by atoms with van der Waals surface area (Å²) in [6.45, 7) is 2.78. The molecule has 1 atom stereocenters. The van der Waals surface area contributed by atoms with Crippen LogP contribution in [0, 0.1) is 0 Å². The van der Waals surface area contributed by atoms with Gasteiger partial charge in [0.2, 0.25) is 0 Å². The third kappa shape index (κ3) is 3.76. The van der Waals surface area contributed by atoms with Gasteiger partial charge in [-0.05, 0) is 36.6 Å². The van der Waals surface area contributed by atoms with E-state index in [9.17, 15) is 8.78 Å². The fourth-order valence-corrected chi connectivity index (χ4v) is 3.84. The molecule has 29 heavy (non-hydrogen) atoms. The molecular formula is C17H22ClF2N9. The van der Waals surface area contributed by atoms with Crippen molar-refractivity contribution in [3.05, 3.63) is 40.5 Å². The third-order valence-electron chi connectivity index (χ3n) is 5.28. The van der Waals surface area contributed by atoms with Gasteiger partial charge in [0, 0.05) is 31.9 Å². The molecule has 3 heterocycles. The number of aryl methyl sites for hydroxylation is 2. The van der Waals surface area contributed by atoms with Crippen molar-refractivity contribution in [1.29, 1.82) is 0 Å². The van der Waals surface area contributed by atoms with Crippen molar-refractivity contribution in [3.8, 4) is 0 Å². The quantitative estimate of drug-likeness (QED) is 0.596. The summed E-state index contributed by atoms with van der Waals surface area (Å²) in [5, 5.41) is 19.8. The number of hydrogen-bond donors (Lipinski definition) is 1. The summed E-state index contributed by atoms with van der Waals surface area (Å²) < 4.78 is 31.8. The molecule has 1 N–H and O–H groups in total. The lowest BCUT2D eigenvalue weighted by Gasteiger charge is -2.28. The van der Waals surface area contributed by atoms with Gasteiger partial charge in [-0.25, -0.2) is 18.4 Å². The molecule has 0 spiro atoms. The number of alkyl halides is 2. The molecule has 9 nitrogen and oxygen atoms in total. The van der Waals surface area contributed by atoms with Gasteiger partial charge in [-0.2, -0.15) is 5.10 Å². The Morgan fingerprint density at radius 2 is 2.14 bits per heavy atom. The molecule has 1 aliphatic carbocycles. The van der Waals surface area contributed by atoms with Crippen molar-refractivity contribution in [2.24, 2.45) is 7.05 Å². The standard InChI is InChI=1S/C17H22ClF2N9/c1-3-28-9-22-15(18)14(28)13(17-23-25-26-29(17)11-5-4-6-11)21-7-10-8-27(2)24-12(10)16(19)20/h8-9,11,13,16,21H,3-7H2,1-2H3. The topological polar surface area (TPSA) is 91.3 Å². The van der Waals surface area contributed by atoms with Crippen LogP contribution < -0.4 is 5.32 Å². The molecule has 0 bridgehead atoms. The van der Waals surface area contributed by atoms with Crippen molar-refractivity contribution >= 4 is 11.6 Å². The second-order valence-corrected chi connectivity index (χ2v) is 7.46. The highest BCUT2D eigenvalue weighted by Gasteiger charge is 2.32. The monoisotopic (exact) mass is 425 g/mol. The Labute approximate surface area is 171 Å². The molecule has 0 amide bonds. The number of imidazole rings is 1. The van der Waals surface area contributed by atoms with Gasteiger partial charge in [0.05, 0.1) is 18.1 Å². The minimum Gasteiger partial charge on any atom is -0.332 e. The van der Waals surface area contributed by atoms with Crippen LogP contribution in [0.25, 0.3) is 0 Å². The zero-order valence-corrected chi connectivity index (χ0v) is 16.9. The van der Waals surface area contributed by atoms with Crippen LogP contribution in [0.2, 0.25) is 5.15 Å². The van der Waals surface area contributed by atoms with Crippen molar-refractivity contribution in [3.63, 3.8) is 0 Å². The smallest absolute Gasteiger partial charge is 0.282 e. The molecule has 0 aliphatic heterocycles. The Bertz CT molecular complexity index is 976. The lowest BCUT2D eigenvalue weighted by atomic mass is 9.93. The van der Waals surface area contributed by atoms with E-state index in [-0.39, 0.29) is 18.3 Å². The average molecular weight is 426 g/mol. The van der Waals surface area contributed by atoms with Gasteiger partial charge >= 0.3 is 0 Å². The van der Waals surface area contributed by atoms with Gasteiger partial charge in [-0.3, -0.25) is 10.00 Å². The van der Waals surface area contributed by atoms with Crippen LogP contribution in [0.1, 0.15) is 67.5 Å². The number of aromatic nitrogens is 8. The fourth-order valence-electron chi connectivity index (χ4n) is 3.58. The molecular weight excluding hydrogens is 404 g/mol. The van der Waals surface area contributed by atoms with E-state index >= 15 is 0 Å². The molecule has 1 unspecified atom stereocenters. The molecule has 4 rings (SSSR count). The number of rotatable bonds is 8. The molecule has 3 aromatic heterocycles. The minimum absolute atomic E-state index is 0.154. The summed E-state index contributed by atoms with van der Waals surface area (Å²) in [4.78, 5) is 4.21. The maximum Gasteiger partial charge on any atom is 0.282 e. The van der Waals surface area contributed by atoms with E-state index in [0.717, 1.165) is 19.3 Å². The van der Waals surface area contributed by atoms with E-state index in [0.29, 0.717) is 28.8 Å². The number of halogens is 3. The van der Waals surface area contributed by atoms with Crippen LogP contribution in [0.4, 0.5) is 8.78 Å². The number of nitrogens with zero attached hydrogens (tertiary/aromatic N) is 8. The van der Waals surface area contributed by atoms with E-state index in [1.54, 1.807) is 19.6 Å². The predicted molar refractivity (Wildman–Crippen MR) is 100 cm³/mol. The number of nitrogens with one attached hydrogen (secondary N) is 1. The van der Waals surface area contributed by atoms with Gasteiger partial charge in [-0.15, -0.1) is 5.10 Å². The van der Waals surface area contributed by atoms with Crippen molar-refractivity contribution in [1.82, 2.24) is 44.9 Å². The van der Waals surface area contributed by atoms with E-state index in [2.05, 4.69) is 30.9 Å². The first-order valence-corrected chi connectivity index (χ1v) is 9.89. The molecule has 0 aromatic carbocycles. The lowest BCUT2D eigenvalue weighted by Crippen LogP contribution is -2.30. The summed E-state index contributed by atoms with van der Waals surface area (Å²) in [5.41, 5.74) is 0.869. The molecule has 1 fully saturated rings. The number of hydrogen-bond acceptors (Lipinski definition) is 6. The zero-order chi connectivity index (χ0) is 20.5. The summed E-state index contributed by atoms with van der Waals surface area (Å²) in [7, 11) is 1.62. The van der Waals surface area contributed by atoms with Crippen LogP contribution >= 0.6 is 11.6 Å². The molecule has 0 radical (unpaired) electrons. The molecule has 1 aliphatic rings. The van der Waals surface area contributed by atoms with Crippen molar-refractivity contribution < 1.29 is 8.78 Å². The van der Waals surface area contributed by atoms with Crippen molar-refractivity contribution in [2.75, 3.05) is 0 Å². The summed E-state index contributed by atoms with van der Waals surface area (Å²) in [6, 6.07) is -0.276. The Morgan fingerprint density at radius 3 is 2.79 bits per heavy atom. The highest BCUT2D eigenvalue weighted by molar-refractivity contribution is 6.30. The Morgan fingerprint density at radius 1 is 1.34 bits per heavy atom. The normalized spacial score (nSPS) is 15.8. The van der Waals surface area contributed by atoms with Crippen LogP contribution in [0.5, 0.6) is 0 Å². The van der Waals surface area contributed by atoms with E-state index in [1.807, 2.05) is 16.2 Å². The Kier molecular flexibility index (Phi) is 5.59. The molecule has 156 valence electrons. The summed E-state index contributed by atoms with van der Waals surface area (Å²) in [6.07, 6.45) is 3.71. The van der Waals surface area contributed by atoms with Gasteiger partial charge in [0.25, 0.3) is 6.43 Å². The highest BCUT2D eigenvalue weighted by atomic mass is 35.5. The highest BCUT2D eigenvalue weighted by Crippen LogP contribution is 2.35. The average Bonchev–Trinajstić information content (AvgIpc) is 3.34. The van der Waals surface area contributed by atoms with Crippen LogP contribution in [0.15, 0.2) is 12.5 Å². The Hall–Kier alpha value is -2.40. The first kappa shape index (κ1) is 19.9. The minimum atomic E-state index is -2.66. The van der Waals surface area contributed by atoms with Crippen LogP contribution in [-0.4, -0.2) is 39.5 Å². The van der Waals surface area contributed by atoms with E-state index < -0.39 is 12.5 Å². The Balaban J connectivity index is 1.70. The van der Waals surface area contributed by atoms with Crippen LogP contribution in [0.3, 0.4) is 0 Å². The molecule has 12 heteroatoms. The first-order valence-electron chi connectivity index (χ1n) is 9.51. The summed E-state index contributed by atoms with van der Waals surface area (Å²) in [5.74, 6) is 0.592. The maximum atomic E-state index is 13.3. The SMILES string of the molecule is CCn1cnc(Cl)c1C(NCc1cn(C)nc1C(F)F)c1nnnn1C1CCC1. The van der Waals surface area contributed by atoms with E-state index in [1.165, 1.54) is 4.68 Å². The van der Waals surface area contributed by atoms with Gasteiger partial charge in [0.1, 0.15) is 11.7 Å². The van der Waals surface area contributed by atoms with E-state index in [4.69, 9.17) is 11.6 Å². The predicted octanol–water partition coefficient (Wildman–Crippen LogP) is 2.82. The van der Waals surface area contributed by atoms with Gasteiger partial charge < -0.3 is 4.57 Å². The molecule has 3 aromatic rings.